The first-order chi connectivity index (χ1) is 33.3. The van der Waals surface area contributed by atoms with Crippen molar-refractivity contribution < 1.29 is 65.4 Å². The molecule has 390 valence electrons. The number of aliphatic hydroxyl groups is 10. The van der Waals surface area contributed by atoms with E-state index in [2.05, 4.69) is 31.2 Å². The zero-order valence-electron chi connectivity index (χ0n) is 38.8. The minimum absolute atomic E-state index is 0.0745. The highest BCUT2D eigenvalue weighted by atomic mass is 35.5. The molecule has 3 aromatic rings. The Morgan fingerprint density at radius 3 is 1.73 bits per heavy atom. The van der Waals surface area contributed by atoms with Crippen molar-refractivity contribution in [3.05, 3.63) is 70.5 Å². The maximum absolute atomic E-state index is 13.4. The van der Waals surface area contributed by atoms with Crippen LogP contribution in [-0.4, -0.2) is 197 Å². The molecule has 0 saturated heterocycles. The molecule has 70 heavy (non-hydrogen) atoms. The predicted molar refractivity (Wildman–Crippen MR) is 259 cm³/mol. The van der Waals surface area contributed by atoms with Gasteiger partial charge >= 0.3 is 0 Å². The van der Waals surface area contributed by atoms with Gasteiger partial charge in [-0.2, -0.15) is 0 Å². The third-order valence-corrected chi connectivity index (χ3v) is 11.6. The lowest BCUT2D eigenvalue weighted by Crippen LogP contribution is -2.54. The Morgan fingerprint density at radius 2 is 1.20 bits per heavy atom. The van der Waals surface area contributed by atoms with Gasteiger partial charge in [0.1, 0.15) is 42.7 Å². The van der Waals surface area contributed by atoms with E-state index in [0.29, 0.717) is 32.4 Å². The van der Waals surface area contributed by atoms with Gasteiger partial charge < -0.3 is 84.2 Å². The van der Waals surface area contributed by atoms with Gasteiger partial charge in [0, 0.05) is 39.1 Å². The van der Waals surface area contributed by atoms with Crippen molar-refractivity contribution in [3.8, 4) is 11.1 Å². The zero-order valence-corrected chi connectivity index (χ0v) is 39.5. The molecular formula is C45H70ClN11O13. The van der Waals surface area contributed by atoms with E-state index >= 15 is 0 Å². The third kappa shape index (κ3) is 19.5. The van der Waals surface area contributed by atoms with Gasteiger partial charge in [0.25, 0.3) is 5.91 Å². The summed E-state index contributed by atoms with van der Waals surface area (Å²) in [4.78, 5) is 47.8. The van der Waals surface area contributed by atoms with Crippen LogP contribution in [0.15, 0.2) is 48.5 Å². The summed E-state index contributed by atoms with van der Waals surface area (Å²) < 4.78 is 0. The first kappa shape index (κ1) is 59.1. The van der Waals surface area contributed by atoms with Crippen LogP contribution in [-0.2, 0) is 22.4 Å². The standard InChI is InChI=1S/C45H70ClN11O13/c46-40-42(49)55-41(48)35(54-40)44(70)56-45(50)52-18-4-2-5-25-7-12-27(13-8-25)28-14-9-26(10-15-28)11-16-34(64)53-29(6-1-3-17-47)43(69)51-19-20-57(21-30(60)36(65)38(67)32(62)23-58)22-31(61)37(66)39(68)33(63)24-59/h7-10,12-15,29-33,36-39,58-63,65-68H,1-6,11,16-24,47H2,(H,51,69)(H,53,64)(H4,48,49,55)(H3,50,52,56,70)/t29?,30-,31-,32+,33+,36+,37+,38+,39+/m0/s1. The molecule has 1 unspecified atom stereocenters. The summed E-state index contributed by atoms with van der Waals surface area (Å²) in [7, 11) is 0. The highest BCUT2D eigenvalue weighted by molar-refractivity contribution is 6.31. The Morgan fingerprint density at radius 1 is 0.671 bits per heavy atom. The van der Waals surface area contributed by atoms with Gasteiger partial charge in [-0.3, -0.25) is 30.0 Å². The second kappa shape index (κ2) is 30.5. The molecule has 1 heterocycles. The first-order valence-electron chi connectivity index (χ1n) is 22.9. The van der Waals surface area contributed by atoms with Crippen LogP contribution in [0.25, 0.3) is 11.1 Å². The van der Waals surface area contributed by atoms with Crippen LogP contribution >= 0.6 is 11.6 Å². The zero-order chi connectivity index (χ0) is 51.9. The smallest absolute Gasteiger partial charge is 0.280 e. The van der Waals surface area contributed by atoms with Crippen molar-refractivity contribution >= 4 is 46.9 Å². The minimum Gasteiger partial charge on any atom is -0.394 e. The van der Waals surface area contributed by atoms with Crippen molar-refractivity contribution in [2.75, 3.05) is 63.9 Å². The molecule has 1 aromatic heterocycles. The van der Waals surface area contributed by atoms with E-state index in [-0.39, 0.29) is 60.3 Å². The molecular weight excluding hydrogens is 938 g/mol. The lowest BCUT2D eigenvalue weighted by Gasteiger charge is -2.33. The fraction of sp³-hybridized carbons (Fsp3) is 0.556. The Kier molecular flexibility index (Phi) is 25.8. The van der Waals surface area contributed by atoms with Gasteiger partial charge in [0.2, 0.25) is 11.8 Å². The van der Waals surface area contributed by atoms with Gasteiger partial charge in [0.15, 0.2) is 28.4 Å². The second-order valence-corrected chi connectivity index (χ2v) is 17.2. The largest absolute Gasteiger partial charge is 0.394 e. The van der Waals surface area contributed by atoms with Crippen molar-refractivity contribution in [2.24, 2.45) is 5.73 Å². The van der Waals surface area contributed by atoms with Gasteiger partial charge in [-0.05, 0) is 73.7 Å². The van der Waals surface area contributed by atoms with E-state index in [0.717, 1.165) is 41.5 Å². The van der Waals surface area contributed by atoms with E-state index < -0.39 is 93.0 Å². The molecule has 9 atom stereocenters. The SMILES string of the molecule is N=C(NCCCCc1ccc(-c2ccc(CCC(=O)NC(CCCCN)C(=O)NCCN(C[C@H](O)[C@@H](O)[C@H](O)[C@H](O)CO)C[C@H](O)[C@@H](O)[C@H](O)[C@H](O)CO)cc2)cc1)NC(=O)c1nc(Cl)c(N)nc1N. The lowest BCUT2D eigenvalue weighted by molar-refractivity contribution is -0.131. The van der Waals surface area contributed by atoms with E-state index in [1.807, 2.05) is 48.5 Å². The maximum Gasteiger partial charge on any atom is 0.280 e. The number of aryl methyl sites for hydroxylation is 2. The number of hydrogen-bond donors (Lipinski definition) is 18. The monoisotopic (exact) mass is 1010 g/mol. The summed E-state index contributed by atoms with van der Waals surface area (Å²) in [6.07, 6.45) is -10.9. The van der Waals surface area contributed by atoms with E-state index in [1.165, 1.54) is 4.90 Å². The fourth-order valence-corrected chi connectivity index (χ4v) is 7.22. The van der Waals surface area contributed by atoms with Gasteiger partial charge in [-0.1, -0.05) is 60.1 Å². The number of nitrogens with one attached hydrogen (secondary N) is 5. The van der Waals surface area contributed by atoms with Crippen LogP contribution in [0, 0.1) is 5.41 Å². The number of carbonyl (C=O) groups excluding carboxylic acids is 3. The summed E-state index contributed by atoms with van der Waals surface area (Å²) >= 11 is 5.83. The van der Waals surface area contributed by atoms with Gasteiger partial charge in [-0.15, -0.1) is 0 Å². The van der Waals surface area contributed by atoms with E-state index in [4.69, 9.17) is 44.4 Å². The number of benzene rings is 2. The molecule has 25 heteroatoms. The van der Waals surface area contributed by atoms with Crippen LogP contribution in [0.2, 0.25) is 5.15 Å². The minimum atomic E-state index is -1.97. The fourth-order valence-electron chi connectivity index (χ4n) is 7.10. The number of nitrogens with zero attached hydrogens (tertiary/aromatic N) is 3. The molecule has 3 amide bonds. The summed E-state index contributed by atoms with van der Waals surface area (Å²) in [6, 6.07) is 14.9. The molecule has 0 saturated carbocycles. The van der Waals surface area contributed by atoms with Crippen LogP contribution in [0.1, 0.15) is 60.1 Å². The third-order valence-electron chi connectivity index (χ3n) is 11.3. The van der Waals surface area contributed by atoms with Crippen molar-refractivity contribution in [2.45, 2.75) is 106 Å². The van der Waals surface area contributed by atoms with Crippen LogP contribution in [0.4, 0.5) is 11.6 Å². The molecule has 2 aromatic carbocycles. The average Bonchev–Trinajstić information content (AvgIpc) is 3.35. The van der Waals surface area contributed by atoms with Gasteiger partial charge in [0.05, 0.1) is 25.4 Å². The molecule has 21 N–H and O–H groups in total. The number of aromatic nitrogens is 2. The van der Waals surface area contributed by atoms with Crippen LogP contribution < -0.4 is 38.5 Å². The van der Waals surface area contributed by atoms with E-state index in [9.17, 15) is 55.2 Å². The Hall–Kier alpha value is -5.19. The first-order valence-corrected chi connectivity index (χ1v) is 23.2. The molecule has 0 spiro atoms. The molecule has 3 rings (SSSR count). The van der Waals surface area contributed by atoms with Crippen molar-refractivity contribution in [1.29, 1.82) is 5.41 Å². The normalized spacial score (nSPS) is 15.4. The predicted octanol–water partition coefficient (Wildman–Crippen LogP) is -3.93. The van der Waals surface area contributed by atoms with Crippen LogP contribution in [0.3, 0.4) is 0 Å². The van der Waals surface area contributed by atoms with Gasteiger partial charge in [-0.25, -0.2) is 9.97 Å². The summed E-state index contributed by atoms with van der Waals surface area (Å²) in [6.45, 7) is -2.38. The van der Waals surface area contributed by atoms with E-state index in [1.54, 1.807) is 0 Å². The number of rotatable bonds is 31. The molecule has 0 aliphatic carbocycles. The maximum atomic E-state index is 13.4. The molecule has 0 aliphatic heterocycles. The number of aliphatic hydroxyl groups excluding tert-OH is 10. The molecule has 24 nitrogen and oxygen atoms in total. The summed E-state index contributed by atoms with van der Waals surface area (Å²) in [5, 5.41) is 118. The number of anilines is 2. The Balaban J connectivity index is 1.49. The highest BCUT2D eigenvalue weighted by Crippen LogP contribution is 2.22. The number of nitrogen functional groups attached to an aromatic ring is 2. The molecule has 0 aliphatic rings. The quantitative estimate of drug-likeness (QED) is 0.0166. The summed E-state index contributed by atoms with van der Waals surface area (Å²) in [5.41, 5.74) is 20.6. The number of nitrogens with two attached hydrogens (primary N) is 3. The molecule has 0 radical (unpaired) electrons. The Bertz CT molecular complexity index is 2050. The average molecular weight is 1010 g/mol. The van der Waals surface area contributed by atoms with Crippen LogP contribution in [0.5, 0.6) is 0 Å². The lowest BCUT2D eigenvalue weighted by atomic mass is 9.99. The Labute approximate surface area is 410 Å². The molecule has 0 bridgehead atoms. The number of unbranched alkanes of at least 4 members (excludes halogenated alkanes) is 2. The second-order valence-electron chi connectivity index (χ2n) is 16.8. The highest BCUT2D eigenvalue weighted by Gasteiger charge is 2.34. The number of guanidine groups is 1. The number of halogens is 1. The van der Waals surface area contributed by atoms with Crippen molar-refractivity contribution in [1.82, 2.24) is 36.1 Å². The topological polar surface area (TPSA) is 433 Å². The number of hydrogen-bond acceptors (Lipinski definition) is 20. The summed E-state index contributed by atoms with van der Waals surface area (Å²) in [5.74, 6) is -2.21. The number of amides is 3. The number of carbonyl (C=O) groups is 3. The molecule has 0 fully saturated rings. The van der Waals surface area contributed by atoms with Crippen molar-refractivity contribution in [3.63, 3.8) is 0 Å².